The van der Waals surface area contributed by atoms with E-state index in [1.807, 2.05) is 30.3 Å². The number of rotatable bonds is 7. The summed E-state index contributed by atoms with van der Waals surface area (Å²) in [5.74, 6) is -0.939. The summed E-state index contributed by atoms with van der Waals surface area (Å²) in [6, 6.07) is 9.22. The Morgan fingerprint density at radius 2 is 1.95 bits per heavy atom. The third-order valence-corrected chi connectivity index (χ3v) is 5.02. The van der Waals surface area contributed by atoms with Crippen LogP contribution in [0, 0.1) is 5.41 Å². The molecule has 0 unspecified atom stereocenters. The highest BCUT2D eigenvalue weighted by Gasteiger charge is 2.50. The lowest BCUT2D eigenvalue weighted by molar-refractivity contribution is -0.143. The summed E-state index contributed by atoms with van der Waals surface area (Å²) in [5.41, 5.74) is -0.0274. The van der Waals surface area contributed by atoms with Gasteiger partial charge in [-0.05, 0) is 18.4 Å². The number of carboxylic acids is 1. The number of carbonyl (C=O) groups is 1. The number of nitrogens with zero attached hydrogens (tertiary/aromatic N) is 1. The highest BCUT2D eigenvalue weighted by molar-refractivity contribution is 7.87. The van der Waals surface area contributed by atoms with Crippen LogP contribution in [0.5, 0.6) is 0 Å². The smallest absolute Gasteiger partial charge is 0.310 e. The van der Waals surface area contributed by atoms with Gasteiger partial charge in [-0.25, -0.2) is 4.72 Å². The summed E-state index contributed by atoms with van der Waals surface area (Å²) < 4.78 is 27.7. The molecule has 1 saturated carbocycles. The minimum atomic E-state index is -3.67. The lowest BCUT2D eigenvalue weighted by atomic mass is 10.1. The molecule has 110 valence electrons. The van der Waals surface area contributed by atoms with Crippen LogP contribution in [-0.4, -0.2) is 37.4 Å². The molecule has 0 aromatic heterocycles. The second-order valence-electron chi connectivity index (χ2n) is 5.15. The van der Waals surface area contributed by atoms with E-state index in [2.05, 4.69) is 4.72 Å². The van der Waals surface area contributed by atoms with Gasteiger partial charge in [0, 0.05) is 20.1 Å². The second kappa shape index (κ2) is 5.51. The Hall–Kier alpha value is -1.44. The van der Waals surface area contributed by atoms with E-state index in [4.69, 9.17) is 5.11 Å². The van der Waals surface area contributed by atoms with Gasteiger partial charge >= 0.3 is 5.97 Å². The summed E-state index contributed by atoms with van der Waals surface area (Å²) in [4.78, 5) is 11.0. The average Bonchev–Trinajstić information content (AvgIpc) is 3.19. The van der Waals surface area contributed by atoms with Gasteiger partial charge in [0.25, 0.3) is 10.2 Å². The summed E-state index contributed by atoms with van der Waals surface area (Å²) in [5, 5.41) is 9.03. The summed E-state index contributed by atoms with van der Waals surface area (Å²) in [6.45, 7) is 0.194. The third-order valence-electron chi connectivity index (χ3n) is 3.56. The maximum atomic E-state index is 12.1. The molecule has 6 nitrogen and oxygen atoms in total. The molecule has 7 heteroatoms. The van der Waals surface area contributed by atoms with Crippen molar-refractivity contribution < 1.29 is 18.3 Å². The Bertz CT molecular complexity index is 582. The zero-order valence-electron chi connectivity index (χ0n) is 11.2. The van der Waals surface area contributed by atoms with Crippen LogP contribution in [0.4, 0.5) is 0 Å². The van der Waals surface area contributed by atoms with Crippen LogP contribution < -0.4 is 4.72 Å². The van der Waals surface area contributed by atoms with E-state index in [1.165, 1.54) is 11.4 Å². The summed E-state index contributed by atoms with van der Waals surface area (Å²) in [7, 11) is -2.20. The van der Waals surface area contributed by atoms with Gasteiger partial charge in [0.15, 0.2) is 0 Å². The van der Waals surface area contributed by atoms with Gasteiger partial charge in [0.1, 0.15) is 0 Å². The zero-order valence-corrected chi connectivity index (χ0v) is 12.1. The van der Waals surface area contributed by atoms with Crippen LogP contribution in [0.15, 0.2) is 30.3 Å². The van der Waals surface area contributed by atoms with Gasteiger partial charge in [0.2, 0.25) is 0 Å². The van der Waals surface area contributed by atoms with Crippen LogP contribution >= 0.6 is 0 Å². The molecule has 0 aliphatic heterocycles. The van der Waals surface area contributed by atoms with Crippen molar-refractivity contribution in [3.05, 3.63) is 35.9 Å². The van der Waals surface area contributed by atoms with Gasteiger partial charge in [-0.15, -0.1) is 0 Å². The zero-order chi connectivity index (χ0) is 14.8. The Balaban J connectivity index is 1.95. The Kier molecular flexibility index (Phi) is 4.12. The first-order valence-corrected chi connectivity index (χ1v) is 7.78. The van der Waals surface area contributed by atoms with Gasteiger partial charge < -0.3 is 5.11 Å². The number of carboxylic acid groups (broad SMARTS) is 1. The van der Waals surface area contributed by atoms with Crippen LogP contribution in [-0.2, 0) is 21.5 Å². The van der Waals surface area contributed by atoms with Crippen LogP contribution in [0.2, 0.25) is 0 Å². The lowest BCUT2D eigenvalue weighted by Gasteiger charge is -2.19. The Morgan fingerprint density at radius 1 is 1.35 bits per heavy atom. The van der Waals surface area contributed by atoms with Crippen molar-refractivity contribution >= 4 is 16.2 Å². The molecular weight excluding hydrogens is 280 g/mol. The molecule has 0 spiro atoms. The predicted octanol–water partition coefficient (Wildman–Crippen LogP) is 0.818. The molecule has 2 rings (SSSR count). The molecule has 1 fully saturated rings. The van der Waals surface area contributed by atoms with E-state index in [0.717, 1.165) is 5.56 Å². The second-order valence-corrected chi connectivity index (χ2v) is 7.02. The van der Waals surface area contributed by atoms with Crippen molar-refractivity contribution in [1.29, 1.82) is 0 Å². The maximum absolute atomic E-state index is 12.1. The van der Waals surface area contributed by atoms with E-state index in [0.29, 0.717) is 12.8 Å². The van der Waals surface area contributed by atoms with Crippen molar-refractivity contribution in [2.24, 2.45) is 5.41 Å². The minimum absolute atomic E-state index is 0.0518. The molecule has 0 bridgehead atoms. The molecule has 0 atom stereocenters. The van der Waals surface area contributed by atoms with E-state index in [-0.39, 0.29) is 13.1 Å². The fourth-order valence-corrected chi connectivity index (χ4v) is 2.88. The Morgan fingerprint density at radius 3 is 2.45 bits per heavy atom. The third kappa shape index (κ3) is 3.36. The average molecular weight is 298 g/mol. The summed E-state index contributed by atoms with van der Waals surface area (Å²) in [6.07, 6.45) is 1.04. The van der Waals surface area contributed by atoms with E-state index < -0.39 is 21.6 Å². The molecule has 0 amide bonds. The number of nitrogens with one attached hydrogen (secondary N) is 1. The molecule has 1 aliphatic rings. The molecule has 0 heterocycles. The van der Waals surface area contributed by atoms with Crippen molar-refractivity contribution in [1.82, 2.24) is 9.03 Å². The number of hydrogen-bond donors (Lipinski definition) is 2. The molecule has 2 N–H and O–H groups in total. The lowest BCUT2D eigenvalue weighted by Crippen LogP contribution is -2.42. The maximum Gasteiger partial charge on any atom is 0.310 e. The minimum Gasteiger partial charge on any atom is -0.481 e. The van der Waals surface area contributed by atoms with Crippen molar-refractivity contribution in [3.8, 4) is 0 Å². The van der Waals surface area contributed by atoms with Gasteiger partial charge in [-0.2, -0.15) is 12.7 Å². The van der Waals surface area contributed by atoms with Gasteiger partial charge in [0.05, 0.1) is 5.41 Å². The SMILES string of the molecule is CN(Cc1ccccc1)S(=O)(=O)NCC1(C(=O)O)CC1. The van der Waals surface area contributed by atoms with Crippen LogP contribution in [0.1, 0.15) is 18.4 Å². The number of benzene rings is 1. The fourth-order valence-electron chi connectivity index (χ4n) is 1.88. The highest BCUT2D eigenvalue weighted by Crippen LogP contribution is 2.45. The predicted molar refractivity (Wildman–Crippen MR) is 74.1 cm³/mol. The molecule has 1 aliphatic carbocycles. The molecule has 1 aromatic carbocycles. The molecule has 1 aromatic rings. The molecule has 0 saturated heterocycles. The monoisotopic (exact) mass is 298 g/mol. The van der Waals surface area contributed by atoms with E-state index >= 15 is 0 Å². The number of aliphatic carboxylic acids is 1. The first-order valence-electron chi connectivity index (χ1n) is 6.34. The molecule has 0 radical (unpaired) electrons. The van der Waals surface area contributed by atoms with Gasteiger partial charge in [-0.3, -0.25) is 4.79 Å². The fraction of sp³-hybridized carbons (Fsp3) is 0.462. The van der Waals surface area contributed by atoms with Gasteiger partial charge in [-0.1, -0.05) is 30.3 Å². The van der Waals surface area contributed by atoms with E-state index in [1.54, 1.807) is 0 Å². The first kappa shape index (κ1) is 15.0. The van der Waals surface area contributed by atoms with Crippen LogP contribution in [0.3, 0.4) is 0 Å². The first-order chi connectivity index (χ1) is 9.36. The molecular formula is C13H18N2O4S. The van der Waals surface area contributed by atoms with Crippen LogP contribution in [0.25, 0.3) is 0 Å². The van der Waals surface area contributed by atoms with Crippen molar-refractivity contribution in [2.75, 3.05) is 13.6 Å². The van der Waals surface area contributed by atoms with Crippen molar-refractivity contribution in [2.45, 2.75) is 19.4 Å². The molecule has 20 heavy (non-hydrogen) atoms. The number of hydrogen-bond acceptors (Lipinski definition) is 3. The summed E-state index contributed by atoms with van der Waals surface area (Å²) >= 11 is 0. The normalized spacial score (nSPS) is 17.1. The Labute approximate surface area is 118 Å². The van der Waals surface area contributed by atoms with Crippen molar-refractivity contribution in [3.63, 3.8) is 0 Å². The standard InChI is InChI=1S/C13H18N2O4S/c1-15(9-11-5-3-2-4-6-11)20(18,19)14-10-13(7-8-13)12(16)17/h2-6,14H,7-10H2,1H3,(H,16,17). The quantitative estimate of drug-likeness (QED) is 0.780. The largest absolute Gasteiger partial charge is 0.481 e. The topological polar surface area (TPSA) is 86.7 Å². The van der Waals surface area contributed by atoms with E-state index in [9.17, 15) is 13.2 Å². The highest BCUT2D eigenvalue weighted by atomic mass is 32.2.